The molecule has 0 unspecified atom stereocenters. The van der Waals surface area contributed by atoms with Gasteiger partial charge in [-0.15, -0.1) is 0 Å². The van der Waals surface area contributed by atoms with E-state index in [1.807, 2.05) is 0 Å². The van der Waals surface area contributed by atoms with Crippen molar-refractivity contribution < 1.29 is 22.5 Å². The number of esters is 1. The van der Waals surface area contributed by atoms with E-state index in [0.717, 1.165) is 19.3 Å². The molecule has 0 heterocycles. The highest BCUT2D eigenvalue weighted by molar-refractivity contribution is 7.85. The average Bonchev–Trinajstić information content (AvgIpc) is 2.56. The van der Waals surface area contributed by atoms with Gasteiger partial charge in [0.1, 0.15) is 5.75 Å². The summed E-state index contributed by atoms with van der Waals surface area (Å²) in [4.78, 5) is 11.5. The van der Waals surface area contributed by atoms with Gasteiger partial charge in [-0.05, 0) is 30.7 Å². The molecular weight excluding hydrogens is 340 g/mol. The monoisotopic (exact) mass is 370 g/mol. The SMILES string of the molecule is CCCCCCCCCCCCC(=O)Oc1ccc(S(=O)(=O)O)cc1. The molecule has 25 heavy (non-hydrogen) atoms. The van der Waals surface area contributed by atoms with Gasteiger partial charge >= 0.3 is 5.97 Å². The molecule has 0 aliphatic carbocycles. The number of ether oxygens (including phenoxy) is 1. The number of hydrogen-bond acceptors (Lipinski definition) is 4. The van der Waals surface area contributed by atoms with Crippen LogP contribution in [0.1, 0.15) is 77.6 Å². The summed E-state index contributed by atoms with van der Waals surface area (Å²) in [5.74, 6) is -0.0383. The van der Waals surface area contributed by atoms with Crippen molar-refractivity contribution in [1.82, 2.24) is 0 Å². The molecule has 0 fully saturated rings. The highest BCUT2D eigenvalue weighted by Gasteiger charge is 2.10. The lowest BCUT2D eigenvalue weighted by molar-refractivity contribution is -0.134. The van der Waals surface area contributed by atoms with Gasteiger partial charge in [-0.2, -0.15) is 8.42 Å². The first-order chi connectivity index (χ1) is 11.9. The molecule has 0 aromatic heterocycles. The first kappa shape index (κ1) is 21.6. The number of unbranched alkanes of at least 4 members (excludes halogenated alkanes) is 9. The van der Waals surface area contributed by atoms with Crippen LogP contribution in [0.15, 0.2) is 29.2 Å². The third kappa shape index (κ3) is 10.2. The van der Waals surface area contributed by atoms with Gasteiger partial charge < -0.3 is 4.74 Å². The highest BCUT2D eigenvalue weighted by Crippen LogP contribution is 2.17. The minimum atomic E-state index is -4.22. The molecule has 1 rings (SSSR count). The van der Waals surface area contributed by atoms with Crippen LogP contribution in [-0.2, 0) is 14.9 Å². The quantitative estimate of drug-likeness (QED) is 0.225. The van der Waals surface area contributed by atoms with Crippen LogP contribution < -0.4 is 4.74 Å². The molecule has 0 spiro atoms. The summed E-state index contributed by atoms with van der Waals surface area (Å²) < 4.78 is 35.9. The lowest BCUT2D eigenvalue weighted by Gasteiger charge is -2.05. The summed E-state index contributed by atoms with van der Waals surface area (Å²) in [5, 5.41) is 0. The second kappa shape index (κ2) is 12.0. The van der Waals surface area contributed by atoms with E-state index in [1.165, 1.54) is 69.2 Å². The van der Waals surface area contributed by atoms with Crippen molar-refractivity contribution in [3.8, 4) is 5.75 Å². The highest BCUT2D eigenvalue weighted by atomic mass is 32.2. The molecule has 0 saturated heterocycles. The van der Waals surface area contributed by atoms with Gasteiger partial charge in [-0.1, -0.05) is 64.7 Å². The second-order valence-electron chi connectivity index (χ2n) is 6.35. The zero-order valence-electron chi connectivity index (χ0n) is 15.1. The predicted octanol–water partition coefficient (Wildman–Crippen LogP) is 5.15. The normalized spacial score (nSPS) is 11.4. The molecule has 6 heteroatoms. The minimum absolute atomic E-state index is 0.220. The van der Waals surface area contributed by atoms with Gasteiger partial charge in [0.2, 0.25) is 0 Å². The summed E-state index contributed by atoms with van der Waals surface area (Å²) in [6, 6.07) is 5.13. The van der Waals surface area contributed by atoms with Crippen LogP contribution in [0, 0.1) is 0 Å². The maximum Gasteiger partial charge on any atom is 0.311 e. The molecule has 0 aliphatic heterocycles. The molecule has 142 valence electrons. The fraction of sp³-hybridized carbons (Fsp3) is 0.632. The van der Waals surface area contributed by atoms with E-state index >= 15 is 0 Å². The Kier molecular flexibility index (Phi) is 10.4. The molecule has 0 saturated carbocycles. The molecule has 0 aliphatic rings. The van der Waals surface area contributed by atoms with E-state index < -0.39 is 10.1 Å². The van der Waals surface area contributed by atoms with Crippen LogP contribution in [0.4, 0.5) is 0 Å². The van der Waals surface area contributed by atoms with E-state index in [9.17, 15) is 13.2 Å². The van der Waals surface area contributed by atoms with Crippen LogP contribution in [0.3, 0.4) is 0 Å². The first-order valence-corrected chi connectivity index (χ1v) is 10.7. The van der Waals surface area contributed by atoms with Crippen molar-refractivity contribution in [2.24, 2.45) is 0 Å². The van der Waals surface area contributed by atoms with E-state index in [4.69, 9.17) is 9.29 Å². The molecule has 1 aromatic carbocycles. The summed E-state index contributed by atoms with van der Waals surface area (Å²) in [6.45, 7) is 2.22. The van der Waals surface area contributed by atoms with Gasteiger partial charge in [-0.3, -0.25) is 9.35 Å². The summed E-state index contributed by atoms with van der Waals surface area (Å²) in [5.41, 5.74) is 0. The van der Waals surface area contributed by atoms with Crippen molar-refractivity contribution >= 4 is 16.1 Å². The van der Waals surface area contributed by atoms with E-state index in [2.05, 4.69) is 6.92 Å². The third-order valence-corrected chi connectivity index (χ3v) is 4.96. The van der Waals surface area contributed by atoms with Crippen molar-refractivity contribution in [1.29, 1.82) is 0 Å². The molecule has 0 amide bonds. The average molecular weight is 371 g/mol. The Hall–Kier alpha value is -1.40. The Morgan fingerprint density at radius 2 is 1.36 bits per heavy atom. The van der Waals surface area contributed by atoms with Crippen LogP contribution >= 0.6 is 0 Å². The molecule has 0 bridgehead atoms. The zero-order valence-corrected chi connectivity index (χ0v) is 15.9. The fourth-order valence-corrected chi connectivity index (χ4v) is 3.10. The molecule has 1 N–H and O–H groups in total. The Morgan fingerprint density at radius 1 is 0.880 bits per heavy atom. The van der Waals surface area contributed by atoms with E-state index in [0.29, 0.717) is 6.42 Å². The lowest BCUT2D eigenvalue weighted by atomic mass is 10.1. The maximum atomic E-state index is 11.7. The Balaban J connectivity index is 2.09. The van der Waals surface area contributed by atoms with Crippen LogP contribution in [-0.4, -0.2) is 18.9 Å². The van der Waals surface area contributed by atoms with Gasteiger partial charge in [-0.25, -0.2) is 0 Å². The second-order valence-corrected chi connectivity index (χ2v) is 7.77. The smallest absolute Gasteiger partial charge is 0.311 e. The standard InChI is InChI=1S/C19H30O5S/c1-2-3-4-5-6-7-8-9-10-11-12-19(20)24-17-13-15-18(16-14-17)25(21,22)23/h13-16H,2-12H2,1H3,(H,21,22,23). The van der Waals surface area contributed by atoms with Gasteiger partial charge in [0, 0.05) is 6.42 Å². The largest absolute Gasteiger partial charge is 0.427 e. The molecule has 0 atom stereocenters. The van der Waals surface area contributed by atoms with Gasteiger partial charge in [0.15, 0.2) is 0 Å². The zero-order chi connectivity index (χ0) is 18.5. The Bertz CT molecular complexity index is 593. The van der Waals surface area contributed by atoms with E-state index in [1.54, 1.807) is 0 Å². The molecule has 1 aromatic rings. The van der Waals surface area contributed by atoms with Gasteiger partial charge in [0.05, 0.1) is 4.90 Å². The van der Waals surface area contributed by atoms with Crippen molar-refractivity contribution in [3.05, 3.63) is 24.3 Å². The summed E-state index contributed by atoms with van der Waals surface area (Å²) in [6.07, 6.45) is 12.4. The maximum absolute atomic E-state index is 11.7. The number of carbonyl (C=O) groups is 1. The number of benzene rings is 1. The topological polar surface area (TPSA) is 80.7 Å². The summed E-state index contributed by atoms with van der Waals surface area (Å²) in [7, 11) is -4.22. The summed E-state index contributed by atoms with van der Waals surface area (Å²) >= 11 is 0. The van der Waals surface area contributed by atoms with Crippen LogP contribution in [0.5, 0.6) is 5.75 Å². The third-order valence-electron chi connectivity index (χ3n) is 4.09. The Morgan fingerprint density at radius 3 is 1.84 bits per heavy atom. The minimum Gasteiger partial charge on any atom is -0.427 e. The first-order valence-electron chi connectivity index (χ1n) is 9.21. The number of carbonyl (C=O) groups excluding carboxylic acids is 1. The lowest BCUT2D eigenvalue weighted by Crippen LogP contribution is -2.07. The van der Waals surface area contributed by atoms with Crippen molar-refractivity contribution in [2.75, 3.05) is 0 Å². The van der Waals surface area contributed by atoms with Crippen molar-refractivity contribution in [3.63, 3.8) is 0 Å². The molecular formula is C19H30O5S. The van der Waals surface area contributed by atoms with E-state index in [-0.39, 0.29) is 16.6 Å². The number of rotatable bonds is 13. The molecule has 5 nitrogen and oxygen atoms in total. The Labute approximate surface area is 151 Å². The number of hydrogen-bond donors (Lipinski definition) is 1. The van der Waals surface area contributed by atoms with Crippen molar-refractivity contribution in [2.45, 2.75) is 82.4 Å². The van der Waals surface area contributed by atoms with Gasteiger partial charge in [0.25, 0.3) is 10.1 Å². The molecule has 0 radical (unpaired) electrons. The predicted molar refractivity (Wildman–Crippen MR) is 98.4 cm³/mol. The van der Waals surface area contributed by atoms with Crippen LogP contribution in [0.2, 0.25) is 0 Å². The van der Waals surface area contributed by atoms with Crippen LogP contribution in [0.25, 0.3) is 0 Å². The fourth-order valence-electron chi connectivity index (χ4n) is 2.62.